The maximum atomic E-state index is 12.8. The fourth-order valence-corrected chi connectivity index (χ4v) is 4.18. The first-order valence-electron chi connectivity index (χ1n) is 10.7. The minimum atomic E-state index is -0.906. The minimum absolute atomic E-state index is 0.00334. The van der Waals surface area contributed by atoms with Crippen LogP contribution in [0.4, 0.5) is 5.69 Å². The van der Waals surface area contributed by atoms with Gasteiger partial charge in [0.25, 0.3) is 0 Å². The van der Waals surface area contributed by atoms with Crippen LogP contribution in [0.25, 0.3) is 0 Å². The topological polar surface area (TPSA) is 99.1 Å². The van der Waals surface area contributed by atoms with Gasteiger partial charge in [-0.05, 0) is 37.3 Å². The second-order valence-electron chi connectivity index (χ2n) is 7.96. The Bertz CT molecular complexity index is 702. The quantitative estimate of drug-likeness (QED) is 0.548. The van der Waals surface area contributed by atoms with Crippen molar-refractivity contribution in [3.05, 3.63) is 23.8 Å². The molecular weight excluding hydrogens is 372 g/mol. The van der Waals surface area contributed by atoms with E-state index in [-0.39, 0.29) is 31.0 Å². The van der Waals surface area contributed by atoms with Crippen LogP contribution in [0.2, 0.25) is 0 Å². The predicted octanol–water partition coefficient (Wildman–Crippen LogP) is 2.24. The van der Waals surface area contributed by atoms with Crippen molar-refractivity contribution in [1.29, 1.82) is 0 Å². The van der Waals surface area contributed by atoms with Gasteiger partial charge in [-0.25, -0.2) is 0 Å². The number of ether oxygens (including phenoxy) is 1. The molecule has 1 aliphatic carbocycles. The van der Waals surface area contributed by atoms with E-state index < -0.39 is 6.10 Å². The minimum Gasteiger partial charge on any atom is -0.491 e. The molecule has 1 aromatic carbocycles. The fourth-order valence-electron chi connectivity index (χ4n) is 4.18. The van der Waals surface area contributed by atoms with Crippen LogP contribution in [-0.4, -0.2) is 58.8 Å². The lowest BCUT2D eigenvalue weighted by Crippen LogP contribution is -2.46. The van der Waals surface area contributed by atoms with Crippen molar-refractivity contribution < 1.29 is 24.5 Å². The molecule has 160 valence electrons. The lowest BCUT2D eigenvalue weighted by atomic mass is 9.93. The number of hydrogen-bond donors (Lipinski definition) is 3. The Morgan fingerprint density at radius 2 is 2.03 bits per heavy atom. The Labute approximate surface area is 172 Å². The number of nitrogens with zero attached hydrogens (tertiary/aromatic N) is 1. The summed E-state index contributed by atoms with van der Waals surface area (Å²) in [6.07, 6.45) is 6.46. The van der Waals surface area contributed by atoms with Crippen molar-refractivity contribution >= 4 is 17.5 Å². The molecule has 1 fully saturated rings. The summed E-state index contributed by atoms with van der Waals surface area (Å²) in [6, 6.07) is 5.88. The van der Waals surface area contributed by atoms with E-state index in [1.807, 2.05) is 18.2 Å². The number of anilines is 1. The van der Waals surface area contributed by atoms with Crippen molar-refractivity contribution in [1.82, 2.24) is 4.90 Å². The highest BCUT2D eigenvalue weighted by Crippen LogP contribution is 2.32. The largest absolute Gasteiger partial charge is 0.491 e. The molecular formula is C22H32N2O5. The summed E-state index contributed by atoms with van der Waals surface area (Å²) in [5.74, 6) is 0.633. The summed E-state index contributed by atoms with van der Waals surface area (Å²) in [6.45, 7) is 0.211. The van der Waals surface area contributed by atoms with E-state index in [0.29, 0.717) is 38.0 Å². The second-order valence-corrected chi connectivity index (χ2v) is 7.96. The first-order valence-corrected chi connectivity index (χ1v) is 10.7. The van der Waals surface area contributed by atoms with Crippen molar-refractivity contribution in [2.75, 3.05) is 25.1 Å². The number of amides is 2. The molecule has 3 rings (SSSR count). The zero-order valence-electron chi connectivity index (χ0n) is 16.9. The highest BCUT2D eigenvalue weighted by molar-refractivity contribution is 5.95. The summed E-state index contributed by atoms with van der Waals surface area (Å²) < 4.78 is 5.86. The Hall–Kier alpha value is -2.12. The van der Waals surface area contributed by atoms with Gasteiger partial charge in [0.2, 0.25) is 11.8 Å². The van der Waals surface area contributed by atoms with Gasteiger partial charge in [-0.3, -0.25) is 9.59 Å². The summed E-state index contributed by atoms with van der Waals surface area (Å²) in [7, 11) is 0. The summed E-state index contributed by atoms with van der Waals surface area (Å²) in [4.78, 5) is 26.2. The summed E-state index contributed by atoms with van der Waals surface area (Å²) in [5, 5.41) is 21.9. The molecule has 0 spiro atoms. The molecule has 1 saturated carbocycles. The molecule has 3 N–H and O–H groups in total. The highest BCUT2D eigenvalue weighted by atomic mass is 16.5. The molecule has 2 amide bonds. The lowest BCUT2D eigenvalue weighted by molar-refractivity contribution is -0.136. The van der Waals surface area contributed by atoms with Crippen LogP contribution in [0, 0.1) is 0 Å². The van der Waals surface area contributed by atoms with Gasteiger partial charge in [0, 0.05) is 25.4 Å². The average Bonchev–Trinajstić information content (AvgIpc) is 2.75. The lowest BCUT2D eigenvalue weighted by Gasteiger charge is -2.35. The van der Waals surface area contributed by atoms with Gasteiger partial charge < -0.3 is 25.2 Å². The number of fused-ring (bicyclic) bond motifs is 1. The maximum absolute atomic E-state index is 12.8. The maximum Gasteiger partial charge on any atom is 0.224 e. The number of para-hydroxylation sites is 1. The third-order valence-corrected chi connectivity index (χ3v) is 5.74. The van der Waals surface area contributed by atoms with E-state index in [4.69, 9.17) is 4.74 Å². The van der Waals surface area contributed by atoms with Gasteiger partial charge >= 0.3 is 0 Å². The Morgan fingerprint density at radius 1 is 1.24 bits per heavy atom. The standard InChI is InChI=1S/C22H32N2O5/c25-15-18(26)14-24(17-7-2-1-3-8-17)21(28)10-5-13-29-19-9-4-6-16-11-12-20(27)23-22(16)19/h4,6,9,17-18,25-26H,1-3,5,7-8,10-15H2,(H,23,27). The van der Waals surface area contributed by atoms with Crippen LogP contribution in [0.3, 0.4) is 0 Å². The zero-order valence-corrected chi connectivity index (χ0v) is 16.9. The second kappa shape index (κ2) is 10.6. The summed E-state index contributed by atoms with van der Waals surface area (Å²) in [5.41, 5.74) is 1.81. The molecule has 0 saturated heterocycles. The molecule has 2 aliphatic rings. The molecule has 0 bridgehead atoms. The predicted molar refractivity (Wildman–Crippen MR) is 110 cm³/mol. The molecule has 1 heterocycles. The van der Waals surface area contributed by atoms with Crippen LogP contribution in [0.5, 0.6) is 5.75 Å². The SMILES string of the molecule is O=C1CCc2cccc(OCCCC(=O)N(CC(O)CO)C3CCCCC3)c2N1. The molecule has 1 aromatic rings. The first-order chi connectivity index (χ1) is 14.1. The van der Waals surface area contributed by atoms with Crippen molar-refractivity contribution in [3.8, 4) is 5.75 Å². The van der Waals surface area contributed by atoms with Gasteiger partial charge in [0.1, 0.15) is 5.75 Å². The van der Waals surface area contributed by atoms with Crippen LogP contribution in [0.15, 0.2) is 18.2 Å². The van der Waals surface area contributed by atoms with Crippen LogP contribution >= 0.6 is 0 Å². The van der Waals surface area contributed by atoms with Gasteiger partial charge in [-0.2, -0.15) is 0 Å². The molecule has 1 atom stereocenters. The number of aliphatic hydroxyl groups excluding tert-OH is 2. The highest BCUT2D eigenvalue weighted by Gasteiger charge is 2.27. The van der Waals surface area contributed by atoms with E-state index in [9.17, 15) is 19.8 Å². The Balaban J connectivity index is 1.52. The van der Waals surface area contributed by atoms with Gasteiger partial charge in [0.05, 0.1) is 25.0 Å². The Morgan fingerprint density at radius 3 is 2.79 bits per heavy atom. The van der Waals surface area contributed by atoms with Gasteiger partial charge in [-0.15, -0.1) is 0 Å². The van der Waals surface area contributed by atoms with Crippen molar-refractivity contribution in [2.45, 2.75) is 69.9 Å². The van der Waals surface area contributed by atoms with Crippen LogP contribution in [-0.2, 0) is 16.0 Å². The smallest absolute Gasteiger partial charge is 0.224 e. The van der Waals surface area contributed by atoms with Crippen molar-refractivity contribution in [2.24, 2.45) is 0 Å². The van der Waals surface area contributed by atoms with E-state index in [2.05, 4.69) is 5.32 Å². The molecule has 7 heteroatoms. The van der Waals surface area contributed by atoms with E-state index in [1.165, 1.54) is 6.42 Å². The number of carbonyl (C=O) groups is 2. The molecule has 0 aromatic heterocycles. The average molecular weight is 405 g/mol. The number of hydrogen-bond acceptors (Lipinski definition) is 5. The molecule has 7 nitrogen and oxygen atoms in total. The Kier molecular flexibility index (Phi) is 7.89. The zero-order chi connectivity index (χ0) is 20.6. The van der Waals surface area contributed by atoms with Gasteiger partial charge in [-0.1, -0.05) is 31.4 Å². The molecule has 1 aliphatic heterocycles. The van der Waals surface area contributed by atoms with Crippen LogP contribution < -0.4 is 10.1 Å². The molecule has 0 radical (unpaired) electrons. The van der Waals surface area contributed by atoms with Gasteiger partial charge in [0.15, 0.2) is 0 Å². The van der Waals surface area contributed by atoms with E-state index in [1.54, 1.807) is 4.90 Å². The van der Waals surface area contributed by atoms with E-state index >= 15 is 0 Å². The normalized spacial score (nSPS) is 17.9. The summed E-state index contributed by atoms with van der Waals surface area (Å²) >= 11 is 0. The number of aliphatic hydroxyl groups is 2. The van der Waals surface area contributed by atoms with Crippen molar-refractivity contribution in [3.63, 3.8) is 0 Å². The number of carbonyl (C=O) groups excluding carboxylic acids is 2. The number of aryl methyl sites for hydroxylation is 1. The fraction of sp³-hybridized carbons (Fsp3) is 0.636. The monoisotopic (exact) mass is 404 g/mol. The molecule has 1 unspecified atom stereocenters. The molecule has 29 heavy (non-hydrogen) atoms. The number of rotatable bonds is 9. The van der Waals surface area contributed by atoms with Crippen LogP contribution in [0.1, 0.15) is 56.9 Å². The third-order valence-electron chi connectivity index (χ3n) is 5.74. The number of nitrogens with one attached hydrogen (secondary N) is 1. The first kappa shape index (κ1) is 21.6. The number of benzene rings is 1. The van der Waals surface area contributed by atoms with E-state index in [0.717, 1.165) is 36.9 Å². The third kappa shape index (κ3) is 5.93.